The van der Waals surface area contributed by atoms with Gasteiger partial charge in [0.05, 0.1) is 6.04 Å². The fraction of sp³-hybridized carbons (Fsp3) is 0.542. The van der Waals surface area contributed by atoms with Crippen molar-refractivity contribution in [3.8, 4) is 5.75 Å². The number of nitrogens with zero attached hydrogens (tertiary/aromatic N) is 2. The molecule has 23 nitrogen and oxygen atoms in total. The fourth-order valence-corrected chi connectivity index (χ4v) is 7.26. The number of nitrogens with two attached hydrogens (primary N) is 5. The minimum Gasteiger partial charge on any atom is -0.508 e. The lowest BCUT2D eigenvalue weighted by Crippen LogP contribution is -2.61. The zero-order valence-electron chi connectivity index (χ0n) is 41.4. The number of aromatic hydroxyl groups is 1. The van der Waals surface area contributed by atoms with E-state index >= 15 is 0 Å². The Morgan fingerprint density at radius 2 is 1.03 bits per heavy atom. The summed E-state index contributed by atoms with van der Waals surface area (Å²) in [5.74, 6) is -6.17. The van der Waals surface area contributed by atoms with Gasteiger partial charge in [-0.3, -0.25) is 43.5 Å². The molecule has 0 bridgehead atoms. The number of rotatable bonds is 32. The number of hydrogen-bond acceptors (Lipinski definition) is 12. The van der Waals surface area contributed by atoms with Gasteiger partial charge >= 0.3 is 0 Å². The molecular weight excluding hydrogens is 917 g/mol. The van der Waals surface area contributed by atoms with Gasteiger partial charge in [0, 0.05) is 32.9 Å². The lowest BCUT2D eigenvalue weighted by molar-refractivity contribution is -0.136. The van der Waals surface area contributed by atoms with Crippen LogP contribution in [0.3, 0.4) is 0 Å². The highest BCUT2D eigenvalue weighted by Gasteiger charge is 2.35. The Kier molecular flexibility index (Phi) is 26.8. The molecular formula is C48H76N14O9. The van der Waals surface area contributed by atoms with Crippen LogP contribution < -0.4 is 65.9 Å². The molecule has 392 valence electrons. The van der Waals surface area contributed by atoms with Crippen LogP contribution >= 0.6 is 0 Å². The first-order valence-electron chi connectivity index (χ1n) is 23.9. The highest BCUT2D eigenvalue weighted by atomic mass is 16.3. The van der Waals surface area contributed by atoms with E-state index in [1.807, 2.05) is 6.92 Å². The van der Waals surface area contributed by atoms with Gasteiger partial charge < -0.3 is 75.8 Å². The van der Waals surface area contributed by atoms with Crippen molar-refractivity contribution < 1.29 is 43.5 Å². The number of hydrogen-bond donors (Lipinski definition) is 13. The van der Waals surface area contributed by atoms with E-state index in [0.717, 1.165) is 0 Å². The summed E-state index contributed by atoms with van der Waals surface area (Å²) in [6, 6.07) is 6.47. The summed E-state index contributed by atoms with van der Waals surface area (Å²) in [5.41, 5.74) is 28.7. The Bertz CT molecular complexity index is 2100. The Balaban J connectivity index is 2.51. The molecule has 8 atom stereocenters. The monoisotopic (exact) mass is 993 g/mol. The van der Waals surface area contributed by atoms with Gasteiger partial charge in [-0.2, -0.15) is 0 Å². The quantitative estimate of drug-likeness (QED) is 0.0169. The Hall–Kier alpha value is -7.30. The third kappa shape index (κ3) is 22.8. The molecule has 0 spiro atoms. The van der Waals surface area contributed by atoms with Gasteiger partial charge in [-0.1, -0.05) is 76.6 Å². The third-order valence-corrected chi connectivity index (χ3v) is 11.4. The lowest BCUT2D eigenvalue weighted by Gasteiger charge is -2.30. The van der Waals surface area contributed by atoms with E-state index in [1.54, 1.807) is 63.2 Å². The van der Waals surface area contributed by atoms with Crippen LogP contribution in [0.2, 0.25) is 0 Å². The number of benzene rings is 2. The summed E-state index contributed by atoms with van der Waals surface area (Å²) in [6.45, 7) is 8.75. The largest absolute Gasteiger partial charge is 0.508 e. The minimum absolute atomic E-state index is 0.00924. The summed E-state index contributed by atoms with van der Waals surface area (Å²) >= 11 is 0. The molecule has 2 aromatic carbocycles. The first-order chi connectivity index (χ1) is 33.7. The number of nitrogens with one attached hydrogen (secondary N) is 7. The molecule has 0 aliphatic rings. The van der Waals surface area contributed by atoms with Crippen molar-refractivity contribution in [2.45, 2.75) is 135 Å². The zero-order chi connectivity index (χ0) is 53.0. The molecule has 71 heavy (non-hydrogen) atoms. The molecule has 23 heteroatoms. The van der Waals surface area contributed by atoms with Crippen LogP contribution in [0.4, 0.5) is 0 Å². The van der Waals surface area contributed by atoms with E-state index in [2.05, 4.69) is 47.2 Å². The van der Waals surface area contributed by atoms with Crippen molar-refractivity contribution in [1.29, 1.82) is 0 Å². The highest BCUT2D eigenvalue weighted by Crippen LogP contribution is 2.15. The van der Waals surface area contributed by atoms with Crippen LogP contribution in [0.1, 0.15) is 90.7 Å². The second kappa shape index (κ2) is 31.8. The highest BCUT2D eigenvalue weighted by molar-refractivity contribution is 5.97. The minimum atomic E-state index is -1.34. The fourth-order valence-electron chi connectivity index (χ4n) is 7.26. The number of carbonyl (C=O) groups is 8. The van der Waals surface area contributed by atoms with Gasteiger partial charge in [-0.05, 0) is 80.2 Å². The smallest absolute Gasteiger partial charge is 0.243 e. The Morgan fingerprint density at radius 1 is 0.577 bits per heavy atom. The molecule has 0 heterocycles. The predicted molar refractivity (Wildman–Crippen MR) is 270 cm³/mol. The molecule has 0 saturated heterocycles. The molecule has 0 radical (unpaired) electrons. The molecule has 2 rings (SSSR count). The van der Waals surface area contributed by atoms with Crippen LogP contribution in [0.5, 0.6) is 5.75 Å². The second-order valence-corrected chi connectivity index (χ2v) is 17.7. The van der Waals surface area contributed by atoms with E-state index in [1.165, 1.54) is 19.1 Å². The molecule has 2 unspecified atom stereocenters. The number of amides is 7. The molecule has 0 aliphatic carbocycles. The maximum Gasteiger partial charge on any atom is 0.243 e. The van der Waals surface area contributed by atoms with Gasteiger partial charge in [0.15, 0.2) is 11.9 Å². The summed E-state index contributed by atoms with van der Waals surface area (Å²) < 4.78 is 0. The molecule has 7 amide bonds. The maximum absolute atomic E-state index is 14.5. The van der Waals surface area contributed by atoms with Gasteiger partial charge in [-0.15, -0.1) is 0 Å². The first kappa shape index (κ1) is 59.8. The third-order valence-electron chi connectivity index (χ3n) is 11.4. The van der Waals surface area contributed by atoms with Crippen molar-refractivity contribution >= 4 is 59.6 Å². The van der Waals surface area contributed by atoms with Crippen molar-refractivity contribution in [2.75, 3.05) is 19.6 Å². The van der Waals surface area contributed by atoms with E-state index in [0.29, 0.717) is 49.6 Å². The standard InChI is InChI=1S/C48H76N14O9/c1-6-29(4)40(46(71)57-33(27-63)15-10-22-49)62-42(67)36(17-12-24-55-48(52)53)58-45(70)39(28(2)3)61-44(69)38(25-31-13-8-7-9-14-31)60-43(68)37(26-32-18-20-34(65)21-19-32)59-41(66)35(56-30(5)64)16-11-23-54-47(50)51/h7-9,13-14,18-21,27-29,33,35-40,65H,6,10-12,15-17,22-26,49H2,1-5H3,(H,56,64)(H,57,71)(H,58,70)(H,59,66)(H,60,68)(H,61,69)(H,62,67)(H4,50,51,54)(H4,52,53,55)/t29-,33-,35-,36-,37?,38-,39+,40?/m0/s1. The second-order valence-electron chi connectivity index (χ2n) is 17.7. The number of carbonyl (C=O) groups excluding carboxylic acids is 8. The molecule has 0 aromatic heterocycles. The zero-order valence-corrected chi connectivity index (χ0v) is 41.4. The molecule has 0 aliphatic heterocycles. The summed E-state index contributed by atoms with van der Waals surface area (Å²) in [5, 5.41) is 29.0. The molecule has 18 N–H and O–H groups in total. The van der Waals surface area contributed by atoms with Crippen molar-refractivity contribution in [3.05, 3.63) is 65.7 Å². The molecule has 0 fully saturated rings. The average Bonchev–Trinajstić information content (AvgIpc) is 3.32. The van der Waals surface area contributed by atoms with Crippen molar-refractivity contribution in [2.24, 2.45) is 50.5 Å². The Labute approximate surface area is 415 Å². The van der Waals surface area contributed by atoms with Gasteiger partial charge in [0.2, 0.25) is 41.4 Å². The lowest BCUT2D eigenvalue weighted by atomic mass is 9.96. The first-order valence-corrected chi connectivity index (χ1v) is 23.9. The van der Waals surface area contributed by atoms with Gasteiger partial charge in [-0.25, -0.2) is 0 Å². The van der Waals surface area contributed by atoms with E-state index < -0.39 is 95.5 Å². The van der Waals surface area contributed by atoms with Crippen molar-refractivity contribution in [1.82, 2.24) is 37.2 Å². The number of aliphatic imine (C=N–C) groups is 2. The predicted octanol–water partition coefficient (Wildman–Crippen LogP) is -1.66. The summed E-state index contributed by atoms with van der Waals surface area (Å²) in [4.78, 5) is 116. The molecule has 0 saturated carbocycles. The van der Waals surface area contributed by atoms with Crippen LogP contribution in [0.15, 0.2) is 64.6 Å². The summed E-state index contributed by atoms with van der Waals surface area (Å²) in [7, 11) is 0. The number of guanidine groups is 2. The van der Waals surface area contributed by atoms with Crippen LogP contribution in [-0.2, 0) is 51.2 Å². The number of phenolic OH excluding ortho intramolecular Hbond substituents is 1. The normalized spacial score (nSPS) is 14.3. The average molecular weight is 993 g/mol. The van der Waals surface area contributed by atoms with Crippen LogP contribution in [-0.4, -0.2) is 127 Å². The van der Waals surface area contributed by atoms with Crippen LogP contribution in [0, 0.1) is 11.8 Å². The number of phenols is 1. The van der Waals surface area contributed by atoms with Gasteiger partial charge in [0.1, 0.15) is 48.3 Å². The van der Waals surface area contributed by atoms with Crippen molar-refractivity contribution in [3.63, 3.8) is 0 Å². The SMILES string of the molecule is CC[C@H](C)C(NC(=O)[C@H](CCCN=C(N)N)NC(=O)[C@H](NC(=O)[C@H](Cc1ccccc1)NC(=O)C(Cc1ccc(O)cc1)NC(=O)[C@H](CCCN=C(N)N)NC(C)=O)C(C)C)C(=O)N[C@H](C=O)CCCN. The van der Waals surface area contributed by atoms with E-state index in [9.17, 15) is 43.5 Å². The van der Waals surface area contributed by atoms with Crippen LogP contribution in [0.25, 0.3) is 0 Å². The summed E-state index contributed by atoms with van der Waals surface area (Å²) in [6.07, 6.45) is 2.33. The van der Waals surface area contributed by atoms with E-state index in [-0.39, 0.29) is 62.9 Å². The number of aldehydes is 1. The topological polar surface area (TPSA) is 396 Å². The molecule has 2 aromatic rings. The maximum atomic E-state index is 14.5. The Morgan fingerprint density at radius 3 is 1.51 bits per heavy atom. The van der Waals surface area contributed by atoms with Gasteiger partial charge in [0.25, 0.3) is 0 Å². The van der Waals surface area contributed by atoms with E-state index in [4.69, 9.17) is 28.7 Å².